The van der Waals surface area contributed by atoms with Gasteiger partial charge in [0.2, 0.25) is 12.2 Å². The molecule has 2 aromatic rings. The number of amides is 2. The molecule has 2 atom stereocenters. The Morgan fingerprint density at radius 2 is 2.05 bits per heavy atom. The van der Waals surface area contributed by atoms with E-state index in [4.69, 9.17) is 21.1 Å². The minimum Gasteiger partial charge on any atom is -0.507 e. The highest BCUT2D eigenvalue weighted by atomic mass is 35.5. The van der Waals surface area contributed by atoms with Gasteiger partial charge < -0.3 is 34.4 Å². The van der Waals surface area contributed by atoms with Gasteiger partial charge in [-0.05, 0) is 32.1 Å². The molecule has 2 fully saturated rings. The van der Waals surface area contributed by atoms with Gasteiger partial charge in [0.1, 0.15) is 39.7 Å². The lowest BCUT2D eigenvalue weighted by atomic mass is 10.0. The minimum absolute atomic E-state index is 0.0114. The highest BCUT2D eigenvalue weighted by molar-refractivity contribution is 6.35. The van der Waals surface area contributed by atoms with Crippen LogP contribution in [0.5, 0.6) is 11.5 Å². The van der Waals surface area contributed by atoms with Crippen molar-refractivity contribution in [3.05, 3.63) is 47.3 Å². The van der Waals surface area contributed by atoms with Crippen molar-refractivity contribution < 1.29 is 33.7 Å². The van der Waals surface area contributed by atoms with Crippen molar-refractivity contribution in [3.8, 4) is 22.8 Å². The Labute approximate surface area is 223 Å². The summed E-state index contributed by atoms with van der Waals surface area (Å²) < 4.78 is 26.7. The van der Waals surface area contributed by atoms with Gasteiger partial charge in [0.15, 0.2) is 5.75 Å². The van der Waals surface area contributed by atoms with Crippen LogP contribution in [0.1, 0.15) is 24.2 Å². The van der Waals surface area contributed by atoms with Crippen molar-refractivity contribution in [3.63, 3.8) is 0 Å². The van der Waals surface area contributed by atoms with Crippen molar-refractivity contribution in [2.24, 2.45) is 0 Å². The normalized spacial score (nSPS) is 22.8. The number of aromatic nitrogens is 1. The number of rotatable bonds is 3. The molecule has 202 valence electrons. The average molecular weight is 547 g/mol. The topological polar surface area (TPSA) is 116 Å². The molecule has 2 saturated heterocycles. The highest BCUT2D eigenvalue weighted by Gasteiger charge is 2.45. The van der Waals surface area contributed by atoms with Crippen LogP contribution in [-0.2, 0) is 9.53 Å². The van der Waals surface area contributed by atoms with Crippen molar-refractivity contribution in [1.82, 2.24) is 14.8 Å². The van der Waals surface area contributed by atoms with Crippen LogP contribution in [0.4, 0.5) is 10.2 Å². The third kappa shape index (κ3) is 4.44. The third-order valence-electron chi connectivity index (χ3n) is 6.98. The summed E-state index contributed by atoms with van der Waals surface area (Å²) in [5, 5.41) is 21.4. The molecule has 1 aromatic carbocycles. The first-order valence-electron chi connectivity index (χ1n) is 12.2. The van der Waals surface area contributed by atoms with Gasteiger partial charge in [0, 0.05) is 32.7 Å². The van der Waals surface area contributed by atoms with Crippen LogP contribution in [0.2, 0.25) is 5.02 Å². The Hall–Kier alpha value is -3.41. The number of morpholine rings is 1. The fourth-order valence-electron chi connectivity index (χ4n) is 5.15. The molecule has 3 aliphatic heterocycles. The zero-order valence-electron chi connectivity index (χ0n) is 21.0. The van der Waals surface area contributed by atoms with E-state index in [9.17, 15) is 24.2 Å². The van der Waals surface area contributed by atoms with Crippen molar-refractivity contribution in [2.45, 2.75) is 31.8 Å². The summed E-state index contributed by atoms with van der Waals surface area (Å²) in [5.74, 6) is -2.01. The Morgan fingerprint density at radius 1 is 1.29 bits per heavy atom. The monoisotopic (exact) mass is 546 g/mol. The van der Waals surface area contributed by atoms with E-state index in [1.165, 1.54) is 28.0 Å². The molecular formula is C26H28ClFN4O6. The maximum Gasteiger partial charge on any atom is 0.262 e. The van der Waals surface area contributed by atoms with E-state index in [1.807, 2.05) is 18.7 Å². The van der Waals surface area contributed by atoms with Gasteiger partial charge in [-0.15, -0.1) is 0 Å². The second kappa shape index (κ2) is 9.72. The van der Waals surface area contributed by atoms with E-state index in [0.717, 1.165) is 6.07 Å². The predicted octanol–water partition coefficient (Wildman–Crippen LogP) is 2.41. The molecule has 0 saturated carbocycles. The number of phenolic OH excluding ortho intramolecular Hbond substituents is 1. The molecule has 0 spiro atoms. The molecule has 0 aliphatic carbocycles. The number of hydrogen-bond donors (Lipinski definition) is 2. The lowest BCUT2D eigenvalue weighted by Gasteiger charge is -2.41. The van der Waals surface area contributed by atoms with E-state index in [1.54, 1.807) is 0 Å². The van der Waals surface area contributed by atoms with Crippen LogP contribution >= 0.6 is 11.6 Å². The Morgan fingerprint density at radius 3 is 2.74 bits per heavy atom. The number of pyridine rings is 1. The van der Waals surface area contributed by atoms with Crippen molar-refractivity contribution in [1.29, 1.82) is 0 Å². The number of aliphatic hydroxyl groups is 1. The summed E-state index contributed by atoms with van der Waals surface area (Å²) in [6, 6.07) is 2.90. The molecule has 4 heterocycles. The Balaban J connectivity index is 1.70. The van der Waals surface area contributed by atoms with Crippen LogP contribution in [0.3, 0.4) is 0 Å². The quantitative estimate of drug-likeness (QED) is 0.564. The summed E-state index contributed by atoms with van der Waals surface area (Å²) in [5.41, 5.74) is -0.967. The fraction of sp³-hybridized carbons (Fsp3) is 0.423. The maximum absolute atomic E-state index is 15.0. The number of aliphatic hydroxyl groups excluding tert-OH is 1. The van der Waals surface area contributed by atoms with Gasteiger partial charge in [-0.2, -0.15) is 0 Å². The molecule has 2 N–H and O–H groups in total. The number of benzene rings is 1. The van der Waals surface area contributed by atoms with Gasteiger partial charge in [0.25, 0.3) is 5.91 Å². The number of phenols is 1. The van der Waals surface area contributed by atoms with E-state index < -0.39 is 35.4 Å². The second-order valence-corrected chi connectivity index (χ2v) is 10.4. The summed E-state index contributed by atoms with van der Waals surface area (Å²) in [6.07, 6.45) is -0.390. The van der Waals surface area contributed by atoms with E-state index in [2.05, 4.69) is 11.6 Å². The van der Waals surface area contributed by atoms with Crippen LogP contribution in [-0.4, -0.2) is 94.1 Å². The van der Waals surface area contributed by atoms with Gasteiger partial charge in [-0.25, -0.2) is 9.37 Å². The largest absolute Gasteiger partial charge is 0.507 e. The first-order valence-corrected chi connectivity index (χ1v) is 12.6. The summed E-state index contributed by atoms with van der Waals surface area (Å²) in [7, 11) is 0. The molecule has 38 heavy (non-hydrogen) atoms. The number of hydrogen-bond acceptors (Lipinski definition) is 8. The SMILES string of the molecule is C=CC(=O)N1CCN2C(=O)c3c(N4CCOC(C)(C)C4)nc(-c4c(O)cccc4F)c(Cl)c3O[C@H](O)[C@@H]2C1. The smallest absolute Gasteiger partial charge is 0.262 e. The molecule has 1 aromatic heterocycles. The number of carbonyl (C=O) groups excluding carboxylic acids is 2. The van der Waals surface area contributed by atoms with E-state index in [-0.39, 0.29) is 59.0 Å². The maximum atomic E-state index is 15.0. The predicted molar refractivity (Wildman–Crippen MR) is 137 cm³/mol. The molecule has 10 nitrogen and oxygen atoms in total. The van der Waals surface area contributed by atoms with Crippen LogP contribution in [0.25, 0.3) is 11.3 Å². The Kier molecular flexibility index (Phi) is 6.70. The number of carbonyl (C=O) groups is 2. The molecular weight excluding hydrogens is 519 g/mol. The number of ether oxygens (including phenoxy) is 2. The number of anilines is 1. The van der Waals surface area contributed by atoms with Crippen LogP contribution in [0.15, 0.2) is 30.9 Å². The summed E-state index contributed by atoms with van der Waals surface area (Å²) in [6.45, 7) is 8.73. The van der Waals surface area contributed by atoms with Gasteiger partial charge in [0.05, 0.1) is 17.8 Å². The van der Waals surface area contributed by atoms with Crippen LogP contribution < -0.4 is 9.64 Å². The highest BCUT2D eigenvalue weighted by Crippen LogP contribution is 2.47. The van der Waals surface area contributed by atoms with Crippen LogP contribution in [0, 0.1) is 5.82 Å². The number of fused-ring (bicyclic) bond motifs is 2. The molecule has 0 radical (unpaired) electrons. The zero-order chi connectivity index (χ0) is 27.4. The number of piperazine rings is 1. The average Bonchev–Trinajstić information content (AvgIpc) is 2.98. The van der Waals surface area contributed by atoms with E-state index in [0.29, 0.717) is 19.7 Å². The first kappa shape index (κ1) is 26.2. The fourth-order valence-corrected chi connectivity index (χ4v) is 5.43. The number of halogens is 2. The molecule has 0 bridgehead atoms. The van der Waals surface area contributed by atoms with Crippen molar-refractivity contribution in [2.75, 3.05) is 44.2 Å². The lowest BCUT2D eigenvalue weighted by molar-refractivity contribution is -0.134. The molecule has 3 aliphatic rings. The molecule has 2 amide bonds. The van der Waals surface area contributed by atoms with Crippen molar-refractivity contribution >= 4 is 29.2 Å². The summed E-state index contributed by atoms with van der Waals surface area (Å²) >= 11 is 6.71. The molecule has 0 unspecified atom stereocenters. The van der Waals surface area contributed by atoms with E-state index >= 15 is 0 Å². The number of aromatic hydroxyl groups is 1. The standard InChI is InChI=1S/C26H28ClFN4O6/c1-4-17(34)30-8-9-32-15(12-30)25(36)38-22-19(24(32)35)23(31-10-11-37-26(2,3)13-31)29-21(20(22)27)18-14(28)6-5-7-16(18)33/h4-7,15,25,33,36H,1,8-13H2,2-3H3/t15-,25-/m0/s1. The van der Waals surface area contributed by atoms with Gasteiger partial charge in [-0.1, -0.05) is 24.2 Å². The first-order chi connectivity index (χ1) is 18.0. The minimum atomic E-state index is -1.56. The second-order valence-electron chi connectivity index (χ2n) is 10.0. The number of nitrogens with zero attached hydrogens (tertiary/aromatic N) is 4. The summed E-state index contributed by atoms with van der Waals surface area (Å²) in [4.78, 5) is 35.7. The lowest BCUT2D eigenvalue weighted by Crippen LogP contribution is -2.60. The van der Waals surface area contributed by atoms with Gasteiger partial charge >= 0.3 is 0 Å². The zero-order valence-corrected chi connectivity index (χ0v) is 21.7. The molecule has 5 rings (SSSR count). The molecule has 12 heteroatoms. The van der Waals surface area contributed by atoms with Gasteiger partial charge in [-0.3, -0.25) is 9.59 Å². The third-order valence-corrected chi connectivity index (χ3v) is 7.33. The Bertz CT molecular complexity index is 1300.